The van der Waals surface area contributed by atoms with Crippen LogP contribution in [-0.4, -0.2) is 28.0 Å². The molecule has 1 aromatic rings. The first-order chi connectivity index (χ1) is 9.52. The Kier molecular flexibility index (Phi) is 4.36. The lowest BCUT2D eigenvalue weighted by Crippen LogP contribution is -2.33. The Labute approximate surface area is 118 Å². The number of nitro groups is 1. The zero-order valence-corrected chi connectivity index (χ0v) is 12.1. The van der Waals surface area contributed by atoms with Crippen LogP contribution in [0, 0.1) is 22.0 Å². The predicted octanol–water partition coefficient (Wildman–Crippen LogP) is 2.66. The average Bonchev–Trinajstić information content (AvgIpc) is 2.41. The SMILES string of the molecule is CNc1ncnc(NC2CCC(C)CC2C)c1[N+](=O)[O-]. The molecule has 3 atom stereocenters. The van der Waals surface area contributed by atoms with Crippen LogP contribution in [-0.2, 0) is 0 Å². The zero-order chi connectivity index (χ0) is 14.7. The molecule has 1 fully saturated rings. The fraction of sp³-hybridized carbons (Fsp3) is 0.692. The van der Waals surface area contributed by atoms with Gasteiger partial charge in [0.05, 0.1) is 4.92 Å². The fourth-order valence-corrected chi connectivity index (χ4v) is 2.90. The van der Waals surface area contributed by atoms with E-state index >= 15 is 0 Å². The van der Waals surface area contributed by atoms with Gasteiger partial charge >= 0.3 is 5.69 Å². The van der Waals surface area contributed by atoms with E-state index in [1.165, 1.54) is 6.33 Å². The Morgan fingerprint density at radius 2 is 2.00 bits per heavy atom. The van der Waals surface area contributed by atoms with Gasteiger partial charge in [-0.1, -0.05) is 13.8 Å². The summed E-state index contributed by atoms with van der Waals surface area (Å²) in [6.07, 6.45) is 4.63. The minimum Gasteiger partial charge on any atom is -0.367 e. The summed E-state index contributed by atoms with van der Waals surface area (Å²) in [5.41, 5.74) is -0.0826. The Morgan fingerprint density at radius 3 is 2.60 bits per heavy atom. The van der Waals surface area contributed by atoms with Crippen molar-refractivity contribution in [3.8, 4) is 0 Å². The van der Waals surface area contributed by atoms with E-state index in [1.54, 1.807) is 7.05 Å². The van der Waals surface area contributed by atoms with Gasteiger partial charge < -0.3 is 10.6 Å². The summed E-state index contributed by atoms with van der Waals surface area (Å²) in [6.45, 7) is 4.43. The highest BCUT2D eigenvalue weighted by Gasteiger charge is 2.29. The van der Waals surface area contributed by atoms with Gasteiger partial charge in [-0.05, 0) is 31.1 Å². The molecular formula is C13H21N5O2. The summed E-state index contributed by atoms with van der Waals surface area (Å²) in [7, 11) is 1.62. The first kappa shape index (κ1) is 14.5. The van der Waals surface area contributed by atoms with Crippen molar-refractivity contribution in [2.24, 2.45) is 11.8 Å². The number of nitrogens with zero attached hydrogens (tertiary/aromatic N) is 3. The number of nitrogens with one attached hydrogen (secondary N) is 2. The van der Waals surface area contributed by atoms with Crippen molar-refractivity contribution >= 4 is 17.3 Å². The molecule has 7 nitrogen and oxygen atoms in total. The monoisotopic (exact) mass is 279 g/mol. The molecule has 20 heavy (non-hydrogen) atoms. The van der Waals surface area contributed by atoms with Gasteiger partial charge in [0.25, 0.3) is 0 Å². The fourth-order valence-electron chi connectivity index (χ4n) is 2.90. The van der Waals surface area contributed by atoms with E-state index in [0.29, 0.717) is 11.7 Å². The standard InChI is InChI=1S/C13H21N5O2/c1-8-4-5-10(9(2)6-8)17-13-11(18(19)20)12(14-3)15-7-16-13/h7-10H,4-6H2,1-3H3,(H2,14,15,16,17). The molecule has 0 aliphatic heterocycles. The lowest BCUT2D eigenvalue weighted by atomic mass is 9.80. The molecule has 0 saturated heterocycles. The summed E-state index contributed by atoms with van der Waals surface area (Å²) in [4.78, 5) is 18.7. The molecule has 0 aromatic carbocycles. The number of hydrogen-bond donors (Lipinski definition) is 2. The predicted molar refractivity (Wildman–Crippen MR) is 77.8 cm³/mol. The second-order valence-electron chi connectivity index (χ2n) is 5.57. The van der Waals surface area contributed by atoms with Crippen LogP contribution in [0.4, 0.5) is 17.3 Å². The molecule has 0 bridgehead atoms. The third-order valence-electron chi connectivity index (χ3n) is 4.00. The minimum absolute atomic E-state index is 0.0826. The highest BCUT2D eigenvalue weighted by atomic mass is 16.6. The van der Waals surface area contributed by atoms with Gasteiger partial charge in [0.15, 0.2) is 0 Å². The van der Waals surface area contributed by atoms with Crippen LogP contribution in [0.5, 0.6) is 0 Å². The summed E-state index contributed by atoms with van der Waals surface area (Å²) >= 11 is 0. The Hall–Kier alpha value is -1.92. The summed E-state index contributed by atoms with van der Waals surface area (Å²) in [5, 5.41) is 17.2. The molecule has 0 spiro atoms. The van der Waals surface area contributed by atoms with Crippen LogP contribution in [0.3, 0.4) is 0 Å². The number of anilines is 2. The third-order valence-corrected chi connectivity index (χ3v) is 4.00. The Balaban J connectivity index is 2.23. The average molecular weight is 279 g/mol. The molecule has 0 radical (unpaired) electrons. The van der Waals surface area contributed by atoms with Crippen molar-refractivity contribution in [2.75, 3.05) is 17.7 Å². The number of hydrogen-bond acceptors (Lipinski definition) is 6. The van der Waals surface area contributed by atoms with E-state index < -0.39 is 4.92 Å². The molecule has 2 N–H and O–H groups in total. The molecule has 2 rings (SSSR count). The molecule has 0 amide bonds. The molecule has 110 valence electrons. The molecule has 1 aromatic heterocycles. The summed E-state index contributed by atoms with van der Waals surface area (Å²) in [6, 6.07) is 0.226. The molecule has 1 aliphatic rings. The maximum absolute atomic E-state index is 11.2. The quantitative estimate of drug-likeness (QED) is 0.650. The van der Waals surface area contributed by atoms with Crippen molar-refractivity contribution in [2.45, 2.75) is 39.2 Å². The second-order valence-corrected chi connectivity index (χ2v) is 5.57. The Bertz CT molecular complexity index is 494. The zero-order valence-electron chi connectivity index (χ0n) is 12.1. The molecule has 7 heteroatoms. The maximum Gasteiger partial charge on any atom is 0.353 e. The first-order valence-corrected chi connectivity index (χ1v) is 6.96. The molecule has 1 saturated carbocycles. The maximum atomic E-state index is 11.2. The van der Waals surface area contributed by atoms with Crippen molar-refractivity contribution < 1.29 is 4.92 Å². The highest BCUT2D eigenvalue weighted by Crippen LogP contribution is 2.34. The van der Waals surface area contributed by atoms with Crippen LogP contribution in [0.2, 0.25) is 0 Å². The highest BCUT2D eigenvalue weighted by molar-refractivity contribution is 5.69. The second kappa shape index (κ2) is 6.02. The van der Waals surface area contributed by atoms with Gasteiger partial charge in [-0.25, -0.2) is 9.97 Å². The van der Waals surface area contributed by atoms with E-state index in [1.807, 2.05) is 0 Å². The largest absolute Gasteiger partial charge is 0.367 e. The van der Waals surface area contributed by atoms with E-state index in [4.69, 9.17) is 0 Å². The number of aromatic nitrogens is 2. The van der Waals surface area contributed by atoms with E-state index in [0.717, 1.165) is 25.2 Å². The van der Waals surface area contributed by atoms with Crippen LogP contribution in [0.1, 0.15) is 33.1 Å². The normalized spacial score (nSPS) is 26.1. The van der Waals surface area contributed by atoms with Crippen molar-refractivity contribution in [1.82, 2.24) is 9.97 Å². The van der Waals surface area contributed by atoms with Gasteiger partial charge in [0.2, 0.25) is 11.6 Å². The molecule has 1 aliphatic carbocycles. The van der Waals surface area contributed by atoms with Crippen LogP contribution >= 0.6 is 0 Å². The molecular weight excluding hydrogens is 258 g/mol. The van der Waals surface area contributed by atoms with Crippen molar-refractivity contribution in [3.63, 3.8) is 0 Å². The van der Waals surface area contributed by atoms with Gasteiger partial charge in [-0.15, -0.1) is 0 Å². The topological polar surface area (TPSA) is 93.0 Å². The van der Waals surface area contributed by atoms with Crippen LogP contribution < -0.4 is 10.6 Å². The van der Waals surface area contributed by atoms with E-state index in [9.17, 15) is 10.1 Å². The minimum atomic E-state index is -0.440. The number of rotatable bonds is 4. The van der Waals surface area contributed by atoms with Gasteiger partial charge in [0, 0.05) is 13.1 Å². The summed E-state index contributed by atoms with van der Waals surface area (Å²) < 4.78 is 0. The molecule has 1 heterocycles. The molecule has 3 unspecified atom stereocenters. The first-order valence-electron chi connectivity index (χ1n) is 6.96. The summed E-state index contributed by atoms with van der Waals surface area (Å²) in [5.74, 6) is 1.74. The van der Waals surface area contributed by atoms with E-state index in [-0.39, 0.29) is 17.5 Å². The van der Waals surface area contributed by atoms with Gasteiger partial charge in [-0.2, -0.15) is 0 Å². The third kappa shape index (κ3) is 2.97. The smallest absolute Gasteiger partial charge is 0.353 e. The lowest BCUT2D eigenvalue weighted by molar-refractivity contribution is -0.383. The lowest BCUT2D eigenvalue weighted by Gasteiger charge is -2.33. The van der Waals surface area contributed by atoms with Gasteiger partial charge in [0.1, 0.15) is 6.33 Å². The van der Waals surface area contributed by atoms with Crippen LogP contribution in [0.25, 0.3) is 0 Å². The van der Waals surface area contributed by atoms with Crippen molar-refractivity contribution in [3.05, 3.63) is 16.4 Å². The van der Waals surface area contributed by atoms with Crippen LogP contribution in [0.15, 0.2) is 6.33 Å². The van der Waals surface area contributed by atoms with Gasteiger partial charge in [-0.3, -0.25) is 10.1 Å². The van der Waals surface area contributed by atoms with Crippen molar-refractivity contribution in [1.29, 1.82) is 0 Å². The Morgan fingerprint density at radius 1 is 1.30 bits per heavy atom. The van der Waals surface area contributed by atoms with E-state index in [2.05, 4.69) is 34.4 Å².